The van der Waals surface area contributed by atoms with E-state index in [1.165, 1.54) is 11.3 Å². The lowest BCUT2D eigenvalue weighted by molar-refractivity contribution is 0.418. The predicted molar refractivity (Wildman–Crippen MR) is 68.0 cm³/mol. The molecule has 0 spiro atoms. The van der Waals surface area contributed by atoms with Crippen molar-refractivity contribution in [3.8, 4) is 21.6 Å². The molecule has 0 aliphatic rings. The zero-order valence-electron chi connectivity index (χ0n) is 8.90. The van der Waals surface area contributed by atoms with Crippen LogP contribution in [0.15, 0.2) is 11.4 Å². The minimum Gasteiger partial charge on any atom is -0.495 e. The van der Waals surface area contributed by atoms with Gasteiger partial charge in [0.15, 0.2) is 0 Å². The maximum Gasteiger partial charge on any atom is 0.138 e. The molecule has 2 aromatic heterocycles. The third-order valence-corrected chi connectivity index (χ3v) is 4.62. The van der Waals surface area contributed by atoms with Crippen molar-refractivity contribution in [3.63, 3.8) is 0 Å². The maximum absolute atomic E-state index is 8.93. The van der Waals surface area contributed by atoms with Crippen molar-refractivity contribution in [3.05, 3.63) is 21.9 Å². The van der Waals surface area contributed by atoms with Crippen molar-refractivity contribution in [1.82, 2.24) is 0 Å². The van der Waals surface area contributed by atoms with E-state index in [0.29, 0.717) is 10.6 Å². The quantitative estimate of drug-likeness (QED) is 0.890. The molecule has 2 heterocycles. The molecular weight excluding hydrogens is 240 g/mol. The molecule has 0 unspecified atom stereocenters. The van der Waals surface area contributed by atoms with Gasteiger partial charge >= 0.3 is 0 Å². The lowest BCUT2D eigenvalue weighted by Crippen LogP contribution is -1.87. The molecule has 0 atom stereocenters. The van der Waals surface area contributed by atoms with Gasteiger partial charge in [-0.05, 0) is 23.9 Å². The first-order valence-corrected chi connectivity index (χ1v) is 6.29. The largest absolute Gasteiger partial charge is 0.495 e. The van der Waals surface area contributed by atoms with E-state index in [9.17, 15) is 0 Å². The Morgan fingerprint density at radius 1 is 1.44 bits per heavy atom. The van der Waals surface area contributed by atoms with Gasteiger partial charge in [0.2, 0.25) is 0 Å². The van der Waals surface area contributed by atoms with Crippen LogP contribution >= 0.6 is 22.7 Å². The Balaban J connectivity index is 2.62. The molecule has 0 aliphatic carbocycles. The fourth-order valence-electron chi connectivity index (χ4n) is 1.45. The zero-order chi connectivity index (χ0) is 11.7. The summed E-state index contributed by atoms with van der Waals surface area (Å²) in [4.78, 5) is 2.64. The Hall–Kier alpha value is -1.51. The number of nitrogen functional groups attached to an aromatic ring is 1. The van der Waals surface area contributed by atoms with Crippen LogP contribution in [0.4, 0.5) is 5.69 Å². The van der Waals surface area contributed by atoms with E-state index in [4.69, 9.17) is 15.7 Å². The fraction of sp³-hybridized carbons (Fsp3) is 0.182. The summed E-state index contributed by atoms with van der Waals surface area (Å²) >= 11 is 3.01. The van der Waals surface area contributed by atoms with Crippen LogP contribution in [0, 0.1) is 18.3 Å². The number of methoxy groups -OCH3 is 1. The van der Waals surface area contributed by atoms with Crippen molar-refractivity contribution < 1.29 is 4.74 Å². The van der Waals surface area contributed by atoms with Crippen LogP contribution in [-0.2, 0) is 0 Å². The number of anilines is 1. The van der Waals surface area contributed by atoms with Gasteiger partial charge in [-0.1, -0.05) is 0 Å². The number of ether oxygens (including phenoxy) is 1. The van der Waals surface area contributed by atoms with Crippen LogP contribution in [0.3, 0.4) is 0 Å². The highest BCUT2D eigenvalue weighted by Gasteiger charge is 2.17. The highest BCUT2D eigenvalue weighted by Crippen LogP contribution is 2.44. The van der Waals surface area contributed by atoms with Gasteiger partial charge < -0.3 is 10.5 Å². The normalized spacial score (nSPS) is 10.1. The average molecular weight is 250 g/mol. The minimum atomic E-state index is 0.572. The van der Waals surface area contributed by atoms with E-state index in [-0.39, 0.29) is 0 Å². The van der Waals surface area contributed by atoms with Gasteiger partial charge in [-0.2, -0.15) is 5.26 Å². The smallest absolute Gasteiger partial charge is 0.138 e. The van der Waals surface area contributed by atoms with Crippen LogP contribution in [0.5, 0.6) is 5.75 Å². The summed E-state index contributed by atoms with van der Waals surface area (Å²) in [5.41, 5.74) is 7.41. The molecule has 0 amide bonds. The number of nitrogens with two attached hydrogens (primary N) is 1. The highest BCUT2D eigenvalue weighted by molar-refractivity contribution is 7.22. The SMILES string of the molecule is COc1ccsc1-c1sc(C#N)c(N)c1C. The molecule has 0 saturated heterocycles. The molecule has 0 bridgehead atoms. The average Bonchev–Trinajstić information content (AvgIpc) is 2.86. The van der Waals surface area contributed by atoms with Crippen molar-refractivity contribution in [2.45, 2.75) is 6.92 Å². The summed E-state index contributed by atoms with van der Waals surface area (Å²) in [7, 11) is 1.64. The molecule has 0 fully saturated rings. The second-order valence-electron chi connectivity index (χ2n) is 3.23. The molecule has 5 heteroatoms. The number of nitrogens with zero attached hydrogens (tertiary/aromatic N) is 1. The first kappa shape index (κ1) is 11.0. The Morgan fingerprint density at radius 3 is 2.75 bits per heavy atom. The molecule has 2 rings (SSSR count). The van der Waals surface area contributed by atoms with Gasteiger partial charge in [-0.3, -0.25) is 0 Å². The van der Waals surface area contributed by atoms with Crippen molar-refractivity contribution in [1.29, 1.82) is 5.26 Å². The number of rotatable bonds is 2. The third kappa shape index (κ3) is 1.56. The van der Waals surface area contributed by atoms with E-state index in [0.717, 1.165) is 21.1 Å². The van der Waals surface area contributed by atoms with Gasteiger partial charge in [0.05, 0.1) is 22.6 Å². The van der Waals surface area contributed by atoms with Crippen molar-refractivity contribution in [2.75, 3.05) is 12.8 Å². The summed E-state index contributed by atoms with van der Waals surface area (Å²) in [5.74, 6) is 0.832. The van der Waals surface area contributed by atoms with Gasteiger partial charge in [-0.25, -0.2) is 0 Å². The number of hydrogen-bond donors (Lipinski definition) is 1. The summed E-state index contributed by atoms with van der Waals surface area (Å²) in [6.07, 6.45) is 0. The van der Waals surface area contributed by atoms with Gasteiger partial charge in [-0.15, -0.1) is 22.7 Å². The molecule has 2 N–H and O–H groups in total. The van der Waals surface area contributed by atoms with E-state index >= 15 is 0 Å². The molecule has 82 valence electrons. The Labute approximate surface area is 102 Å². The Morgan fingerprint density at radius 2 is 2.19 bits per heavy atom. The molecule has 3 nitrogen and oxygen atoms in total. The van der Waals surface area contributed by atoms with Crippen LogP contribution in [-0.4, -0.2) is 7.11 Å². The molecule has 16 heavy (non-hydrogen) atoms. The van der Waals surface area contributed by atoms with Crippen LogP contribution in [0.25, 0.3) is 9.75 Å². The van der Waals surface area contributed by atoms with Crippen molar-refractivity contribution >= 4 is 28.4 Å². The van der Waals surface area contributed by atoms with Crippen LogP contribution in [0.2, 0.25) is 0 Å². The van der Waals surface area contributed by atoms with E-state index in [2.05, 4.69) is 6.07 Å². The first-order valence-electron chi connectivity index (χ1n) is 4.59. The minimum absolute atomic E-state index is 0.572. The Kier molecular flexibility index (Phi) is 2.86. The van der Waals surface area contributed by atoms with Crippen LogP contribution in [0.1, 0.15) is 10.4 Å². The molecule has 0 aromatic carbocycles. The molecule has 0 saturated carbocycles. The van der Waals surface area contributed by atoms with Gasteiger partial charge in [0.25, 0.3) is 0 Å². The molecular formula is C11H10N2OS2. The number of thiophene rings is 2. The summed E-state index contributed by atoms with van der Waals surface area (Å²) in [6.45, 7) is 1.93. The molecule has 2 aromatic rings. The van der Waals surface area contributed by atoms with Crippen LogP contribution < -0.4 is 10.5 Å². The lowest BCUT2D eigenvalue weighted by Gasteiger charge is -2.01. The second kappa shape index (κ2) is 4.16. The first-order chi connectivity index (χ1) is 7.69. The monoisotopic (exact) mass is 250 g/mol. The molecule has 0 aliphatic heterocycles. The lowest BCUT2D eigenvalue weighted by atomic mass is 10.2. The van der Waals surface area contributed by atoms with Crippen molar-refractivity contribution in [2.24, 2.45) is 0 Å². The third-order valence-electron chi connectivity index (χ3n) is 2.35. The van der Waals surface area contributed by atoms with Gasteiger partial charge in [0, 0.05) is 0 Å². The number of nitriles is 1. The summed E-state index contributed by atoms with van der Waals surface area (Å²) in [6, 6.07) is 4.03. The maximum atomic E-state index is 8.93. The standard InChI is InChI=1S/C11H10N2OS2/c1-6-9(13)8(5-12)16-10(6)11-7(14-2)3-4-15-11/h3-4H,13H2,1-2H3. The summed E-state index contributed by atoms with van der Waals surface area (Å²) < 4.78 is 5.27. The zero-order valence-corrected chi connectivity index (χ0v) is 10.5. The topological polar surface area (TPSA) is 59.0 Å². The van der Waals surface area contributed by atoms with E-state index in [1.54, 1.807) is 18.4 Å². The fourth-order valence-corrected chi connectivity index (χ4v) is 3.54. The molecule has 0 radical (unpaired) electrons. The van der Waals surface area contributed by atoms with E-state index < -0.39 is 0 Å². The number of hydrogen-bond acceptors (Lipinski definition) is 5. The Bertz CT molecular complexity index is 563. The second-order valence-corrected chi connectivity index (χ2v) is 5.17. The summed E-state index contributed by atoms with van der Waals surface area (Å²) in [5, 5.41) is 10.9. The predicted octanol–water partition coefficient (Wildman–Crippen LogP) is 3.25. The highest BCUT2D eigenvalue weighted by atomic mass is 32.1. The van der Waals surface area contributed by atoms with Gasteiger partial charge in [0.1, 0.15) is 16.7 Å². The van der Waals surface area contributed by atoms with E-state index in [1.807, 2.05) is 18.4 Å².